The predicted molar refractivity (Wildman–Crippen MR) is 118 cm³/mol. The molecule has 3 aromatic rings. The number of rotatable bonds is 10. The summed E-state index contributed by atoms with van der Waals surface area (Å²) in [5, 5.41) is 10.7. The van der Waals surface area contributed by atoms with Crippen LogP contribution in [0.15, 0.2) is 72.8 Å². The van der Waals surface area contributed by atoms with Crippen LogP contribution in [-0.2, 0) is 6.42 Å². The molecule has 0 saturated heterocycles. The molecule has 0 aliphatic rings. The molecular weight excluding hydrogens is 378 g/mol. The summed E-state index contributed by atoms with van der Waals surface area (Å²) in [5.74, 6) is 0.843. The van der Waals surface area contributed by atoms with Crippen LogP contribution in [-0.4, -0.2) is 17.3 Å². The van der Waals surface area contributed by atoms with Crippen molar-refractivity contribution in [2.75, 3.05) is 6.61 Å². The number of nitrogens with zero attached hydrogens (tertiary/aromatic N) is 1. The highest BCUT2D eigenvalue weighted by Gasteiger charge is 2.10. The van der Waals surface area contributed by atoms with Gasteiger partial charge in [0.1, 0.15) is 5.75 Å². The van der Waals surface area contributed by atoms with Gasteiger partial charge in [-0.2, -0.15) is 0 Å². The summed E-state index contributed by atoms with van der Waals surface area (Å²) in [4.78, 5) is 22.8. The van der Waals surface area contributed by atoms with E-state index in [4.69, 9.17) is 4.74 Å². The van der Waals surface area contributed by atoms with Crippen LogP contribution in [0.2, 0.25) is 0 Å². The lowest BCUT2D eigenvalue weighted by molar-refractivity contribution is -0.384. The van der Waals surface area contributed by atoms with Gasteiger partial charge in [-0.05, 0) is 35.2 Å². The third-order valence-corrected chi connectivity index (χ3v) is 4.92. The second-order valence-corrected chi connectivity index (χ2v) is 7.18. The highest BCUT2D eigenvalue weighted by molar-refractivity contribution is 5.97. The molecule has 0 fully saturated rings. The summed E-state index contributed by atoms with van der Waals surface area (Å²) in [6.45, 7) is 2.90. The van der Waals surface area contributed by atoms with Gasteiger partial charge in [0.25, 0.3) is 5.69 Å². The minimum Gasteiger partial charge on any atom is -0.494 e. The van der Waals surface area contributed by atoms with Gasteiger partial charge in [-0.3, -0.25) is 14.9 Å². The van der Waals surface area contributed by atoms with E-state index >= 15 is 0 Å². The maximum absolute atomic E-state index is 12.5. The Labute approximate surface area is 176 Å². The third kappa shape index (κ3) is 5.77. The Hall–Kier alpha value is -3.47. The maximum atomic E-state index is 12.5. The summed E-state index contributed by atoms with van der Waals surface area (Å²) in [6, 6.07) is 21.5. The average Bonchev–Trinajstić information content (AvgIpc) is 2.77. The Morgan fingerprint density at radius 3 is 2.03 bits per heavy atom. The van der Waals surface area contributed by atoms with E-state index in [1.165, 1.54) is 25.0 Å². The van der Waals surface area contributed by atoms with Crippen molar-refractivity contribution in [3.63, 3.8) is 0 Å². The Bertz CT molecular complexity index is 977. The first-order valence-corrected chi connectivity index (χ1v) is 10.2. The molecule has 3 aromatic carbocycles. The lowest BCUT2D eigenvalue weighted by atomic mass is 9.99. The first kappa shape index (κ1) is 21.2. The summed E-state index contributed by atoms with van der Waals surface area (Å²) >= 11 is 0. The second-order valence-electron chi connectivity index (χ2n) is 7.18. The van der Waals surface area contributed by atoms with Gasteiger partial charge in [0.05, 0.1) is 11.5 Å². The molecule has 5 nitrogen and oxygen atoms in total. The van der Waals surface area contributed by atoms with Gasteiger partial charge >= 0.3 is 0 Å². The number of unbranched alkanes of at least 4 members (excludes halogenated alkanes) is 2. The van der Waals surface area contributed by atoms with Crippen LogP contribution >= 0.6 is 0 Å². The van der Waals surface area contributed by atoms with Crippen LogP contribution in [0, 0.1) is 10.1 Å². The fourth-order valence-electron chi connectivity index (χ4n) is 3.16. The summed E-state index contributed by atoms with van der Waals surface area (Å²) < 4.78 is 5.74. The van der Waals surface area contributed by atoms with E-state index in [0.717, 1.165) is 35.5 Å². The van der Waals surface area contributed by atoms with Crippen molar-refractivity contribution in [3.05, 3.63) is 94.0 Å². The second kappa shape index (κ2) is 10.3. The average molecular weight is 403 g/mol. The van der Waals surface area contributed by atoms with Crippen molar-refractivity contribution in [1.29, 1.82) is 0 Å². The summed E-state index contributed by atoms with van der Waals surface area (Å²) in [5.41, 5.74) is 3.48. The molecule has 0 aliphatic carbocycles. The topological polar surface area (TPSA) is 69.4 Å². The number of ketones is 1. The molecular formula is C25H25NO4. The zero-order valence-corrected chi connectivity index (χ0v) is 17.0. The lowest BCUT2D eigenvalue weighted by Gasteiger charge is -2.08. The molecule has 0 radical (unpaired) electrons. The standard InChI is InChI=1S/C25H25NO4/c1-2-3-4-17-30-24-15-11-21(12-16-24)20-7-9-22(10-8-20)25(27)18-19-5-13-23(14-6-19)26(28)29/h5-16H,2-4,17-18H2,1H3. The van der Waals surface area contributed by atoms with Gasteiger partial charge in [-0.1, -0.05) is 68.3 Å². The van der Waals surface area contributed by atoms with Crippen LogP contribution in [0.5, 0.6) is 5.75 Å². The fourth-order valence-corrected chi connectivity index (χ4v) is 3.16. The number of nitro benzene ring substituents is 1. The maximum Gasteiger partial charge on any atom is 0.269 e. The molecule has 154 valence electrons. The number of benzene rings is 3. The molecule has 30 heavy (non-hydrogen) atoms. The lowest BCUT2D eigenvalue weighted by Crippen LogP contribution is -2.03. The molecule has 0 saturated carbocycles. The van der Waals surface area contributed by atoms with E-state index in [1.807, 2.05) is 48.5 Å². The van der Waals surface area contributed by atoms with Crippen molar-refractivity contribution in [2.24, 2.45) is 0 Å². The van der Waals surface area contributed by atoms with Gasteiger partial charge in [-0.25, -0.2) is 0 Å². The van der Waals surface area contributed by atoms with Gasteiger partial charge < -0.3 is 4.74 Å². The third-order valence-electron chi connectivity index (χ3n) is 4.92. The Kier molecular flexibility index (Phi) is 7.33. The fraction of sp³-hybridized carbons (Fsp3) is 0.240. The number of carbonyl (C=O) groups excluding carboxylic acids is 1. The van der Waals surface area contributed by atoms with Gasteiger partial charge in [-0.15, -0.1) is 0 Å². The summed E-state index contributed by atoms with van der Waals surface area (Å²) in [7, 11) is 0. The van der Waals surface area contributed by atoms with Gasteiger partial charge in [0.2, 0.25) is 0 Å². The van der Waals surface area contributed by atoms with Gasteiger partial charge in [0, 0.05) is 24.1 Å². The number of hydrogen-bond donors (Lipinski definition) is 0. The van der Waals surface area contributed by atoms with Gasteiger partial charge in [0.15, 0.2) is 5.78 Å². The largest absolute Gasteiger partial charge is 0.494 e. The molecule has 0 spiro atoms. The van der Waals surface area contributed by atoms with Crippen LogP contribution in [0.25, 0.3) is 11.1 Å². The molecule has 0 atom stereocenters. The normalized spacial score (nSPS) is 10.6. The van der Waals surface area contributed by atoms with Crippen LogP contribution < -0.4 is 4.74 Å². The number of carbonyl (C=O) groups is 1. The molecule has 3 rings (SSSR count). The molecule has 0 aliphatic heterocycles. The number of hydrogen-bond acceptors (Lipinski definition) is 4. The monoisotopic (exact) mass is 403 g/mol. The highest BCUT2D eigenvalue weighted by Crippen LogP contribution is 2.23. The first-order valence-electron chi connectivity index (χ1n) is 10.2. The zero-order chi connectivity index (χ0) is 21.3. The Morgan fingerprint density at radius 2 is 1.47 bits per heavy atom. The van der Waals surface area contributed by atoms with E-state index in [0.29, 0.717) is 5.56 Å². The molecule has 0 unspecified atom stereocenters. The Balaban J connectivity index is 1.60. The number of nitro groups is 1. The van der Waals surface area contributed by atoms with E-state index in [9.17, 15) is 14.9 Å². The van der Waals surface area contributed by atoms with Crippen molar-refractivity contribution < 1.29 is 14.5 Å². The highest BCUT2D eigenvalue weighted by atomic mass is 16.6. The van der Waals surface area contributed by atoms with Crippen LogP contribution in [0.1, 0.15) is 42.1 Å². The van der Waals surface area contributed by atoms with Crippen LogP contribution in [0.4, 0.5) is 5.69 Å². The smallest absolute Gasteiger partial charge is 0.269 e. The van der Waals surface area contributed by atoms with E-state index < -0.39 is 4.92 Å². The quantitative estimate of drug-likeness (QED) is 0.173. The molecule has 0 heterocycles. The predicted octanol–water partition coefficient (Wildman–Crippen LogP) is 6.26. The first-order chi connectivity index (χ1) is 14.6. The SMILES string of the molecule is CCCCCOc1ccc(-c2ccc(C(=O)Cc3ccc([N+](=O)[O-])cc3)cc2)cc1. The zero-order valence-electron chi connectivity index (χ0n) is 17.0. The molecule has 0 bridgehead atoms. The van der Waals surface area contributed by atoms with Crippen LogP contribution in [0.3, 0.4) is 0 Å². The van der Waals surface area contributed by atoms with E-state index in [2.05, 4.69) is 6.92 Å². The van der Waals surface area contributed by atoms with Crippen molar-refractivity contribution >= 4 is 11.5 Å². The Morgan fingerprint density at radius 1 is 0.867 bits per heavy atom. The molecule has 5 heteroatoms. The molecule has 0 amide bonds. The number of Topliss-reactive ketones (excluding diaryl/α,β-unsaturated/α-hetero) is 1. The summed E-state index contributed by atoms with van der Waals surface area (Å²) in [6.07, 6.45) is 3.62. The van der Waals surface area contributed by atoms with Crippen molar-refractivity contribution in [1.82, 2.24) is 0 Å². The van der Waals surface area contributed by atoms with Crippen molar-refractivity contribution in [3.8, 4) is 16.9 Å². The minimum atomic E-state index is -0.449. The number of ether oxygens (including phenoxy) is 1. The van der Waals surface area contributed by atoms with E-state index in [1.54, 1.807) is 12.1 Å². The van der Waals surface area contributed by atoms with E-state index in [-0.39, 0.29) is 17.9 Å². The minimum absolute atomic E-state index is 0.0212. The van der Waals surface area contributed by atoms with Crippen molar-refractivity contribution in [2.45, 2.75) is 32.6 Å². The molecule has 0 aromatic heterocycles. The number of non-ortho nitro benzene ring substituents is 1. The molecule has 0 N–H and O–H groups in total.